The highest BCUT2D eigenvalue weighted by atomic mass is 35.5. The molecular weight excluding hydrogens is 472 g/mol. The van der Waals surface area contributed by atoms with Crippen molar-refractivity contribution in [3.63, 3.8) is 0 Å². The van der Waals surface area contributed by atoms with E-state index >= 15 is 0 Å². The molecule has 1 N–H and O–H groups in total. The first kappa shape index (κ1) is 24.0. The number of methoxy groups -OCH3 is 3. The predicted molar refractivity (Wildman–Crippen MR) is 132 cm³/mol. The molecule has 8 nitrogen and oxygen atoms in total. The third kappa shape index (κ3) is 5.02. The molecule has 0 unspecified atom stereocenters. The molecule has 0 bridgehead atoms. The van der Waals surface area contributed by atoms with Crippen molar-refractivity contribution < 1.29 is 28.8 Å². The van der Waals surface area contributed by atoms with Gasteiger partial charge >= 0.3 is 5.97 Å². The van der Waals surface area contributed by atoms with E-state index in [2.05, 4.69) is 0 Å². The van der Waals surface area contributed by atoms with Gasteiger partial charge in [-0.25, -0.2) is 9.48 Å². The lowest BCUT2D eigenvalue weighted by Gasteiger charge is -2.14. The molecule has 0 saturated carbocycles. The van der Waals surface area contributed by atoms with Crippen LogP contribution < -0.4 is 18.9 Å². The van der Waals surface area contributed by atoms with Gasteiger partial charge in [-0.15, -0.1) is 0 Å². The molecule has 0 saturated heterocycles. The van der Waals surface area contributed by atoms with E-state index in [0.29, 0.717) is 39.3 Å². The van der Waals surface area contributed by atoms with E-state index in [1.807, 2.05) is 36.4 Å². The molecule has 9 heteroatoms. The van der Waals surface area contributed by atoms with E-state index < -0.39 is 12.6 Å². The van der Waals surface area contributed by atoms with Crippen LogP contribution in [0.1, 0.15) is 0 Å². The number of rotatable bonds is 9. The Bertz CT molecular complexity index is 1350. The Kier molecular flexibility index (Phi) is 7.12. The molecule has 0 aliphatic carbocycles. The zero-order valence-electron chi connectivity index (χ0n) is 19.3. The normalized spacial score (nSPS) is 10.6. The molecular formula is C26H23ClN2O6. The van der Waals surface area contributed by atoms with Crippen LogP contribution >= 0.6 is 11.6 Å². The zero-order chi connectivity index (χ0) is 24.9. The molecule has 0 atom stereocenters. The Morgan fingerprint density at radius 2 is 1.69 bits per heavy atom. The zero-order valence-corrected chi connectivity index (χ0v) is 20.1. The van der Waals surface area contributed by atoms with Crippen LogP contribution in [-0.4, -0.2) is 48.8 Å². The fourth-order valence-corrected chi connectivity index (χ4v) is 3.80. The third-order valence-electron chi connectivity index (χ3n) is 5.28. The molecule has 0 aliphatic rings. The summed E-state index contributed by atoms with van der Waals surface area (Å²) in [5.41, 5.74) is 3.40. The van der Waals surface area contributed by atoms with E-state index in [4.69, 9.17) is 40.8 Å². The first-order chi connectivity index (χ1) is 16.9. The Morgan fingerprint density at radius 3 is 2.34 bits per heavy atom. The minimum atomic E-state index is -1.09. The number of aromatic nitrogens is 2. The Morgan fingerprint density at radius 1 is 0.914 bits per heavy atom. The summed E-state index contributed by atoms with van der Waals surface area (Å²) in [5, 5.41) is 14.6. The van der Waals surface area contributed by atoms with Gasteiger partial charge in [-0.05, 0) is 54.6 Å². The summed E-state index contributed by atoms with van der Waals surface area (Å²) in [4.78, 5) is 11.1. The van der Waals surface area contributed by atoms with Crippen LogP contribution in [0.3, 0.4) is 0 Å². The topological polar surface area (TPSA) is 92.0 Å². The van der Waals surface area contributed by atoms with Crippen molar-refractivity contribution in [3.8, 4) is 51.2 Å². The van der Waals surface area contributed by atoms with Crippen LogP contribution in [0, 0.1) is 0 Å². The van der Waals surface area contributed by atoms with Crippen molar-refractivity contribution in [1.82, 2.24) is 9.78 Å². The molecule has 4 rings (SSSR count). The number of benzene rings is 3. The van der Waals surface area contributed by atoms with E-state index in [1.54, 1.807) is 49.2 Å². The molecule has 0 fully saturated rings. The van der Waals surface area contributed by atoms with Gasteiger partial charge in [0.05, 0.1) is 38.4 Å². The Labute approximate surface area is 207 Å². The van der Waals surface area contributed by atoms with Gasteiger partial charge in [-0.3, -0.25) is 0 Å². The smallest absolute Gasteiger partial charge is 0.341 e. The summed E-state index contributed by atoms with van der Waals surface area (Å²) in [6, 6.07) is 19.9. The maximum atomic E-state index is 11.1. The average Bonchev–Trinajstić information content (AvgIpc) is 3.32. The van der Waals surface area contributed by atoms with Crippen LogP contribution in [0.5, 0.6) is 23.0 Å². The molecule has 0 radical (unpaired) electrons. The minimum absolute atomic E-state index is 0.330. The highest BCUT2D eigenvalue weighted by Gasteiger charge is 2.21. The second kappa shape index (κ2) is 10.4. The highest BCUT2D eigenvalue weighted by Crippen LogP contribution is 2.41. The molecule has 1 aromatic heterocycles. The number of hydrogen-bond acceptors (Lipinski definition) is 6. The SMILES string of the molecule is COc1ccc(-c2cc(-c3cccc(OC)c3OC)n(-c3ccc(Cl)cc3)n2)c(OCC(=O)O)c1. The molecule has 3 aromatic carbocycles. The van der Waals surface area contributed by atoms with E-state index in [1.165, 1.54) is 7.11 Å². The van der Waals surface area contributed by atoms with Gasteiger partial charge in [-0.2, -0.15) is 5.10 Å². The van der Waals surface area contributed by atoms with E-state index in [-0.39, 0.29) is 0 Å². The second-order valence-corrected chi connectivity index (χ2v) is 7.83. The van der Waals surface area contributed by atoms with Crippen molar-refractivity contribution in [2.24, 2.45) is 0 Å². The molecule has 0 aliphatic heterocycles. The summed E-state index contributed by atoms with van der Waals surface area (Å²) in [7, 11) is 4.68. The van der Waals surface area contributed by atoms with E-state index in [0.717, 1.165) is 16.9 Å². The molecule has 35 heavy (non-hydrogen) atoms. The van der Waals surface area contributed by atoms with Crippen molar-refractivity contribution in [1.29, 1.82) is 0 Å². The lowest BCUT2D eigenvalue weighted by molar-refractivity contribution is -0.139. The number of hydrogen-bond donors (Lipinski definition) is 1. The predicted octanol–water partition coefficient (Wildman–Crippen LogP) is 5.35. The van der Waals surface area contributed by atoms with Gasteiger partial charge in [0, 0.05) is 22.2 Å². The summed E-state index contributed by atoms with van der Waals surface area (Å²) < 4.78 is 23.8. The van der Waals surface area contributed by atoms with Crippen LogP contribution in [0.25, 0.3) is 28.2 Å². The quantitative estimate of drug-likeness (QED) is 0.335. The van der Waals surface area contributed by atoms with E-state index in [9.17, 15) is 4.79 Å². The summed E-state index contributed by atoms with van der Waals surface area (Å²) in [6.07, 6.45) is 0. The van der Waals surface area contributed by atoms with Gasteiger partial charge < -0.3 is 24.1 Å². The van der Waals surface area contributed by atoms with Crippen LogP contribution in [0.2, 0.25) is 5.02 Å². The van der Waals surface area contributed by atoms with Gasteiger partial charge in [0.2, 0.25) is 0 Å². The monoisotopic (exact) mass is 494 g/mol. The summed E-state index contributed by atoms with van der Waals surface area (Å²) >= 11 is 6.11. The number of nitrogens with zero attached hydrogens (tertiary/aromatic N) is 2. The Balaban J connectivity index is 1.94. The number of carboxylic acid groups (broad SMARTS) is 1. The largest absolute Gasteiger partial charge is 0.497 e. The number of carbonyl (C=O) groups is 1. The van der Waals surface area contributed by atoms with Gasteiger partial charge in [-0.1, -0.05) is 17.7 Å². The van der Waals surface area contributed by atoms with Gasteiger partial charge in [0.25, 0.3) is 0 Å². The van der Waals surface area contributed by atoms with Crippen molar-refractivity contribution in [2.75, 3.05) is 27.9 Å². The highest BCUT2D eigenvalue weighted by molar-refractivity contribution is 6.30. The fourth-order valence-electron chi connectivity index (χ4n) is 3.67. The van der Waals surface area contributed by atoms with Crippen LogP contribution in [0.15, 0.2) is 66.7 Å². The number of para-hydroxylation sites is 1. The first-order valence-corrected chi connectivity index (χ1v) is 10.9. The van der Waals surface area contributed by atoms with Gasteiger partial charge in [0.15, 0.2) is 18.1 Å². The van der Waals surface area contributed by atoms with Crippen LogP contribution in [0.4, 0.5) is 0 Å². The summed E-state index contributed by atoms with van der Waals surface area (Å²) in [5.74, 6) is 0.893. The molecule has 0 spiro atoms. The minimum Gasteiger partial charge on any atom is -0.497 e. The summed E-state index contributed by atoms with van der Waals surface area (Å²) in [6.45, 7) is -0.505. The van der Waals surface area contributed by atoms with Crippen molar-refractivity contribution >= 4 is 17.6 Å². The third-order valence-corrected chi connectivity index (χ3v) is 5.53. The lowest BCUT2D eigenvalue weighted by atomic mass is 10.1. The van der Waals surface area contributed by atoms with Crippen molar-refractivity contribution in [2.45, 2.75) is 0 Å². The maximum Gasteiger partial charge on any atom is 0.341 e. The van der Waals surface area contributed by atoms with Crippen LogP contribution in [-0.2, 0) is 4.79 Å². The first-order valence-electron chi connectivity index (χ1n) is 10.6. The molecule has 180 valence electrons. The number of carboxylic acids is 1. The second-order valence-electron chi connectivity index (χ2n) is 7.39. The lowest BCUT2D eigenvalue weighted by Crippen LogP contribution is -2.10. The molecule has 1 heterocycles. The average molecular weight is 495 g/mol. The molecule has 4 aromatic rings. The van der Waals surface area contributed by atoms with Crippen molar-refractivity contribution in [3.05, 3.63) is 71.8 Å². The number of ether oxygens (including phenoxy) is 4. The number of halogens is 1. The molecule has 0 amide bonds. The fraction of sp³-hybridized carbons (Fsp3) is 0.154. The Hall–Kier alpha value is -4.17. The maximum absolute atomic E-state index is 11.1. The standard InChI is InChI=1S/C26H23ClN2O6/c1-32-18-11-12-19(24(13-18)35-15-25(30)31)21-14-22(20-5-4-6-23(33-2)26(20)34-3)29(28-21)17-9-7-16(27)8-10-17/h4-14H,15H2,1-3H3,(H,30,31). The number of aliphatic carboxylic acids is 1. The van der Waals surface area contributed by atoms with Gasteiger partial charge in [0.1, 0.15) is 11.5 Å².